The minimum atomic E-state index is -2.74. The molecule has 164 valence electrons. The van der Waals surface area contributed by atoms with Crippen LogP contribution in [0.4, 0.5) is 0 Å². The van der Waals surface area contributed by atoms with E-state index in [1.54, 1.807) is 0 Å². The van der Waals surface area contributed by atoms with Crippen LogP contribution in [0.15, 0.2) is 0 Å². The Morgan fingerprint density at radius 1 is 0.484 bits per heavy atom. The third kappa shape index (κ3) is 23.6. The maximum Gasteiger partial charge on any atom is 1.00 e. The fraction of sp³-hybridized carbons (Fsp3) is 0.500. The zero-order chi connectivity index (χ0) is 21.3. The summed E-state index contributed by atoms with van der Waals surface area (Å²) in [4.78, 5) is 61.0. The minimum Gasteiger partial charge on any atom is -1.00 e. The molecule has 0 radical (unpaired) electrons. The molecule has 10 N–H and O–H groups in total. The molecule has 0 spiro atoms. The van der Waals surface area contributed by atoms with Crippen molar-refractivity contribution in [1.82, 2.24) is 0 Å². The Kier molecular flexibility index (Phi) is 35.5. The van der Waals surface area contributed by atoms with Gasteiger partial charge in [-0.1, -0.05) is 0 Å². The number of hydrogen-bond acceptors (Lipinski definition) is 8. The van der Waals surface area contributed by atoms with Gasteiger partial charge in [-0.25, -0.2) is 9.59 Å². The molecule has 0 atom stereocenters. The van der Waals surface area contributed by atoms with Crippen LogP contribution in [0.1, 0.15) is 31.4 Å². The Hall–Kier alpha value is 0.700. The molecule has 19 heteroatoms. The first-order chi connectivity index (χ1) is 11.6. The molecule has 0 aliphatic heterocycles. The van der Waals surface area contributed by atoms with Crippen molar-refractivity contribution in [3.63, 3.8) is 0 Å². The van der Waals surface area contributed by atoms with Crippen molar-refractivity contribution in [2.45, 2.75) is 36.9 Å². The molecule has 0 saturated carbocycles. The van der Waals surface area contributed by atoms with Crippen LogP contribution < -0.4 is 118 Å². The smallest absolute Gasteiger partial charge is 1.00 e. The molecule has 0 aromatic carbocycles. The van der Waals surface area contributed by atoms with Crippen molar-refractivity contribution in [3.8, 4) is 0 Å². The number of aliphatic hydroxyl groups is 2. The van der Waals surface area contributed by atoms with E-state index in [4.69, 9.17) is 40.9 Å². The van der Waals surface area contributed by atoms with Gasteiger partial charge in [-0.2, -0.15) is 0 Å². The van der Waals surface area contributed by atoms with Crippen molar-refractivity contribution in [3.05, 3.63) is 0 Å². The van der Waals surface area contributed by atoms with Gasteiger partial charge in [-0.3, -0.25) is 19.2 Å². The summed E-state index contributed by atoms with van der Waals surface area (Å²) in [6.45, 7) is 0. The predicted octanol–water partition coefficient (Wildman–Crippen LogP) is -14.9. The zero-order valence-corrected chi connectivity index (χ0v) is 25.4. The van der Waals surface area contributed by atoms with Crippen LogP contribution in [0.2, 0.25) is 0 Å². The Labute approximate surface area is 268 Å². The fourth-order valence-corrected chi connectivity index (χ4v) is 1.43. The molecule has 0 aliphatic carbocycles. The largest absolute Gasteiger partial charge is 1.00 e. The first-order valence-corrected chi connectivity index (χ1v) is 6.34. The Morgan fingerprint density at radius 3 is 0.677 bits per heavy atom. The van der Waals surface area contributed by atoms with E-state index in [0.29, 0.717) is 0 Å². The average molecular weight is 498 g/mol. The summed E-state index contributed by atoms with van der Waals surface area (Å²) in [6, 6.07) is 0. The van der Waals surface area contributed by atoms with E-state index in [9.17, 15) is 28.8 Å². The van der Waals surface area contributed by atoms with E-state index in [1.165, 1.54) is 0 Å². The number of hydrogen-bond donors (Lipinski definition) is 8. The quantitative estimate of drug-likeness (QED) is 0.130. The number of aliphatic carboxylic acids is 6. The van der Waals surface area contributed by atoms with E-state index in [-0.39, 0.29) is 129 Å². The summed E-state index contributed by atoms with van der Waals surface area (Å²) in [6.07, 6.45) is -4.58. The average Bonchev–Trinajstić information content (AvgIpc) is 2.34. The van der Waals surface area contributed by atoms with Crippen LogP contribution in [0.25, 0.3) is 0 Å². The van der Waals surface area contributed by atoms with E-state index < -0.39 is 72.7 Å². The van der Waals surface area contributed by atoms with Crippen molar-refractivity contribution in [2.75, 3.05) is 0 Å². The normalized spacial score (nSPS) is 9.10. The van der Waals surface area contributed by atoms with Gasteiger partial charge in [0, 0.05) is 0 Å². The molecular weight excluding hydrogens is 476 g/mol. The third-order valence-electron chi connectivity index (χ3n) is 2.57. The van der Waals surface area contributed by atoms with Gasteiger partial charge in [0.15, 0.2) is 11.2 Å². The van der Waals surface area contributed by atoms with Gasteiger partial charge in [0.25, 0.3) is 0 Å². The Bertz CT molecular complexity index is 543. The van der Waals surface area contributed by atoms with Crippen molar-refractivity contribution in [1.29, 1.82) is 0 Å². The second-order valence-electron chi connectivity index (χ2n) is 4.96. The summed E-state index contributed by atoms with van der Waals surface area (Å²) in [5.41, 5.74) is -5.48. The molecule has 0 amide bonds. The van der Waals surface area contributed by atoms with Gasteiger partial charge in [0.05, 0.1) is 25.7 Å². The molecule has 31 heavy (non-hydrogen) atoms. The summed E-state index contributed by atoms with van der Waals surface area (Å²) < 4.78 is 0. The molecule has 0 aliphatic rings. The van der Waals surface area contributed by atoms with Crippen molar-refractivity contribution < 1.29 is 199 Å². The summed E-state index contributed by atoms with van der Waals surface area (Å²) >= 11 is 0. The Morgan fingerprint density at radius 2 is 0.613 bits per heavy atom. The van der Waals surface area contributed by atoms with Crippen molar-refractivity contribution >= 4 is 35.8 Å². The van der Waals surface area contributed by atoms with Crippen LogP contribution in [-0.2, 0) is 28.8 Å². The van der Waals surface area contributed by atoms with Gasteiger partial charge < -0.3 is 52.0 Å². The van der Waals surface area contributed by atoms with Gasteiger partial charge in [0.1, 0.15) is 0 Å². The molecule has 0 heterocycles. The topological polar surface area (TPSA) is 296 Å². The standard InChI is InChI=1S/2C6H8O7.4Na.H2O.4H/c2*7-3(8)1-6(13,5(11)12)2-4(9)10;;;;;;;;;/h2*13H,1-2H2,(H,7,8)(H,9,10)(H,11,12);;;;;1H2;;;;/q;;4*+1;;4*-1. The fourth-order valence-electron chi connectivity index (χ4n) is 1.43. The molecule has 0 rings (SSSR count). The summed E-state index contributed by atoms with van der Waals surface area (Å²) in [7, 11) is 0. The van der Waals surface area contributed by atoms with E-state index >= 15 is 0 Å². The summed E-state index contributed by atoms with van der Waals surface area (Å²) in [5.74, 6) is -10.0. The summed E-state index contributed by atoms with van der Waals surface area (Å²) in [5, 5.41) is 67.6. The Balaban J connectivity index is -0.0000000291. The predicted molar refractivity (Wildman–Crippen MR) is 82.2 cm³/mol. The van der Waals surface area contributed by atoms with Crippen LogP contribution in [-0.4, -0.2) is 93.3 Å². The SMILES string of the molecule is O.O=C(O)CC(O)(CC(=O)O)C(=O)O.O=C(O)CC(O)(CC(=O)O)C(=O)O.[H-].[H-].[H-].[H-].[Na+].[Na+].[Na+].[Na+]. The van der Waals surface area contributed by atoms with Crippen LogP contribution in [0, 0.1) is 0 Å². The van der Waals surface area contributed by atoms with E-state index in [1.807, 2.05) is 0 Å². The maximum atomic E-state index is 10.3. The van der Waals surface area contributed by atoms with Crippen LogP contribution >= 0.6 is 0 Å². The van der Waals surface area contributed by atoms with Crippen LogP contribution in [0.3, 0.4) is 0 Å². The van der Waals surface area contributed by atoms with Gasteiger partial charge in [-0.05, 0) is 0 Å². The third-order valence-corrected chi connectivity index (χ3v) is 2.57. The monoisotopic (exact) mass is 498 g/mol. The second kappa shape index (κ2) is 22.5. The molecule has 15 nitrogen and oxygen atoms in total. The molecule has 0 unspecified atom stereocenters. The number of carboxylic acids is 6. The molecule has 0 aromatic heterocycles. The van der Waals surface area contributed by atoms with Crippen LogP contribution in [0.5, 0.6) is 0 Å². The minimum absolute atomic E-state index is 0. The zero-order valence-electron chi connectivity index (χ0n) is 21.4. The van der Waals surface area contributed by atoms with E-state index in [2.05, 4.69) is 0 Å². The number of carbonyl (C=O) groups is 6. The van der Waals surface area contributed by atoms with Gasteiger partial charge in [-0.15, -0.1) is 0 Å². The molecule has 0 aromatic rings. The van der Waals surface area contributed by atoms with Gasteiger partial charge in [0.2, 0.25) is 0 Å². The number of rotatable bonds is 10. The number of carboxylic acid groups (broad SMARTS) is 6. The van der Waals surface area contributed by atoms with Crippen molar-refractivity contribution in [2.24, 2.45) is 0 Å². The van der Waals surface area contributed by atoms with E-state index in [0.717, 1.165) is 0 Å². The molecule has 0 saturated heterocycles. The molecular formula is C12H22Na4O15. The maximum absolute atomic E-state index is 10.3. The second-order valence-corrected chi connectivity index (χ2v) is 4.96. The van der Waals surface area contributed by atoms with Gasteiger partial charge >= 0.3 is 154 Å². The first-order valence-electron chi connectivity index (χ1n) is 6.34. The first kappa shape index (κ1) is 49.0. The molecule has 0 bridgehead atoms. The molecule has 0 fully saturated rings.